The van der Waals surface area contributed by atoms with E-state index in [2.05, 4.69) is 30.4 Å². The van der Waals surface area contributed by atoms with Crippen molar-refractivity contribution in [1.82, 2.24) is 25.1 Å². The van der Waals surface area contributed by atoms with Crippen molar-refractivity contribution in [3.05, 3.63) is 42.4 Å². The normalized spacial score (nSPS) is 13.5. The highest BCUT2D eigenvalue weighted by molar-refractivity contribution is 5.74. The predicted molar refractivity (Wildman–Crippen MR) is 112 cm³/mol. The third kappa shape index (κ3) is 4.32. The second kappa shape index (κ2) is 8.58. The van der Waals surface area contributed by atoms with Crippen LogP contribution in [0.5, 0.6) is 5.75 Å². The molecule has 3 aromatic rings. The first-order valence-corrected chi connectivity index (χ1v) is 9.53. The number of hydrogen-bond donors (Lipinski definition) is 3. The second-order valence-electron chi connectivity index (χ2n) is 6.83. The van der Waals surface area contributed by atoms with Gasteiger partial charge < -0.3 is 25.0 Å². The molecule has 1 aliphatic rings. The number of hydrogen-bond acceptors (Lipinski definition) is 8. The van der Waals surface area contributed by atoms with Crippen molar-refractivity contribution in [2.75, 3.05) is 43.5 Å². The lowest BCUT2D eigenvalue weighted by atomic mass is 10.1. The average Bonchev–Trinajstić information content (AvgIpc) is 3.27. The van der Waals surface area contributed by atoms with Crippen LogP contribution < -0.4 is 15.0 Å². The van der Waals surface area contributed by atoms with Gasteiger partial charge in [0.2, 0.25) is 0 Å². The standard InChI is InChI=1S/C20H20N8O3/c1-31-17-8-14(27-4-6-28(7-5-27)20(29)30)2-3-15(17)16-9-18(26-25-16)24-19-12-22-13(10-21)11-23-19/h2-3,8-9,11-12H,4-7H2,1H3,(H,29,30)(H2,23,24,25,26). The lowest BCUT2D eigenvalue weighted by Gasteiger charge is -2.34. The minimum atomic E-state index is -0.886. The van der Waals surface area contributed by atoms with E-state index in [0.29, 0.717) is 43.6 Å². The van der Waals surface area contributed by atoms with Crippen LogP contribution in [0.3, 0.4) is 0 Å². The number of ether oxygens (including phenoxy) is 1. The number of anilines is 3. The summed E-state index contributed by atoms with van der Waals surface area (Å²) < 4.78 is 5.59. The summed E-state index contributed by atoms with van der Waals surface area (Å²) >= 11 is 0. The van der Waals surface area contributed by atoms with E-state index in [-0.39, 0.29) is 5.69 Å². The van der Waals surface area contributed by atoms with Crippen molar-refractivity contribution < 1.29 is 14.6 Å². The highest BCUT2D eigenvalue weighted by atomic mass is 16.5. The van der Waals surface area contributed by atoms with Gasteiger partial charge in [0.1, 0.15) is 17.6 Å². The summed E-state index contributed by atoms with van der Waals surface area (Å²) in [6.45, 7) is 2.18. The monoisotopic (exact) mass is 420 g/mol. The molecule has 1 amide bonds. The Bertz CT molecular complexity index is 1110. The summed E-state index contributed by atoms with van der Waals surface area (Å²) in [5.41, 5.74) is 2.80. The molecule has 1 aliphatic heterocycles. The molecule has 0 bridgehead atoms. The minimum absolute atomic E-state index is 0.238. The number of aromatic amines is 1. The van der Waals surface area contributed by atoms with E-state index < -0.39 is 6.09 Å². The third-order valence-corrected chi connectivity index (χ3v) is 4.99. The van der Waals surface area contributed by atoms with E-state index in [0.717, 1.165) is 16.9 Å². The zero-order valence-electron chi connectivity index (χ0n) is 16.7. The fraction of sp³-hybridized carbons (Fsp3) is 0.250. The smallest absolute Gasteiger partial charge is 0.407 e. The van der Waals surface area contributed by atoms with E-state index >= 15 is 0 Å². The van der Waals surface area contributed by atoms with Gasteiger partial charge in [-0.05, 0) is 12.1 Å². The Kier molecular flexibility index (Phi) is 5.53. The summed E-state index contributed by atoms with van der Waals surface area (Å²) in [5.74, 6) is 1.69. The van der Waals surface area contributed by atoms with Gasteiger partial charge in [-0.3, -0.25) is 5.10 Å². The second-order valence-corrected chi connectivity index (χ2v) is 6.83. The number of carbonyl (C=O) groups is 1. The first-order chi connectivity index (χ1) is 15.1. The van der Waals surface area contributed by atoms with Gasteiger partial charge in [-0.25, -0.2) is 14.8 Å². The highest BCUT2D eigenvalue weighted by Gasteiger charge is 2.21. The molecule has 3 N–H and O–H groups in total. The maximum Gasteiger partial charge on any atom is 0.407 e. The van der Waals surface area contributed by atoms with E-state index in [1.807, 2.05) is 30.3 Å². The summed E-state index contributed by atoms with van der Waals surface area (Å²) in [6.07, 6.45) is 1.96. The minimum Gasteiger partial charge on any atom is -0.496 e. The van der Waals surface area contributed by atoms with Crippen LogP contribution in [-0.2, 0) is 0 Å². The quantitative estimate of drug-likeness (QED) is 0.566. The number of nitrogens with zero attached hydrogens (tertiary/aromatic N) is 6. The maximum absolute atomic E-state index is 11.1. The van der Waals surface area contributed by atoms with Crippen molar-refractivity contribution in [2.45, 2.75) is 0 Å². The van der Waals surface area contributed by atoms with Crippen molar-refractivity contribution >= 4 is 23.4 Å². The fourth-order valence-electron chi connectivity index (χ4n) is 3.36. The summed E-state index contributed by atoms with van der Waals surface area (Å²) in [5, 5.41) is 28.2. The number of rotatable bonds is 5. The third-order valence-electron chi connectivity index (χ3n) is 4.99. The Balaban J connectivity index is 1.49. The number of carboxylic acid groups (broad SMARTS) is 1. The van der Waals surface area contributed by atoms with Gasteiger partial charge in [-0.2, -0.15) is 10.4 Å². The van der Waals surface area contributed by atoms with Gasteiger partial charge in [0.25, 0.3) is 0 Å². The van der Waals surface area contributed by atoms with Crippen LogP contribution in [0.15, 0.2) is 36.7 Å². The Morgan fingerprint density at radius 2 is 2.00 bits per heavy atom. The number of methoxy groups -OCH3 is 1. The van der Waals surface area contributed by atoms with Crippen LogP contribution in [0.1, 0.15) is 5.69 Å². The first kappa shape index (κ1) is 20.0. The molecule has 0 aliphatic carbocycles. The molecular weight excluding hydrogens is 400 g/mol. The van der Waals surface area contributed by atoms with Crippen molar-refractivity contribution in [1.29, 1.82) is 5.26 Å². The molecule has 31 heavy (non-hydrogen) atoms. The van der Waals surface area contributed by atoms with Crippen LogP contribution in [0.2, 0.25) is 0 Å². The number of amides is 1. The van der Waals surface area contributed by atoms with E-state index in [1.165, 1.54) is 17.3 Å². The molecule has 0 spiro atoms. The molecule has 0 radical (unpaired) electrons. The average molecular weight is 420 g/mol. The molecule has 1 aromatic carbocycles. The van der Waals surface area contributed by atoms with Gasteiger partial charge in [-0.1, -0.05) is 0 Å². The number of piperazine rings is 1. The lowest BCUT2D eigenvalue weighted by molar-refractivity contribution is 0.142. The Morgan fingerprint density at radius 1 is 1.19 bits per heavy atom. The number of nitriles is 1. The Hall–Kier alpha value is -4.33. The molecule has 1 fully saturated rings. The van der Waals surface area contributed by atoms with Gasteiger partial charge >= 0.3 is 6.09 Å². The topological polar surface area (TPSA) is 143 Å². The molecule has 2 aromatic heterocycles. The van der Waals surface area contributed by atoms with Crippen molar-refractivity contribution in [3.63, 3.8) is 0 Å². The van der Waals surface area contributed by atoms with Gasteiger partial charge in [-0.15, -0.1) is 0 Å². The molecule has 3 heterocycles. The molecule has 158 valence electrons. The predicted octanol–water partition coefficient (Wildman–Crippen LogP) is 2.29. The molecule has 11 heteroatoms. The number of nitrogens with one attached hydrogen (secondary N) is 2. The fourth-order valence-corrected chi connectivity index (χ4v) is 3.36. The zero-order valence-corrected chi connectivity index (χ0v) is 16.7. The van der Waals surface area contributed by atoms with Gasteiger partial charge in [0.15, 0.2) is 11.5 Å². The summed E-state index contributed by atoms with van der Waals surface area (Å²) in [7, 11) is 1.60. The first-order valence-electron chi connectivity index (χ1n) is 9.53. The van der Waals surface area contributed by atoms with Crippen LogP contribution in [0, 0.1) is 11.3 Å². The molecule has 1 saturated heterocycles. The van der Waals surface area contributed by atoms with Gasteiger partial charge in [0.05, 0.1) is 25.2 Å². The molecule has 4 rings (SSSR count). The molecule has 0 saturated carbocycles. The van der Waals surface area contributed by atoms with Crippen molar-refractivity contribution in [2.24, 2.45) is 0 Å². The van der Waals surface area contributed by atoms with E-state index in [1.54, 1.807) is 7.11 Å². The molecule has 0 unspecified atom stereocenters. The SMILES string of the molecule is COc1cc(N2CCN(C(=O)O)CC2)ccc1-c1cc(Nc2cnc(C#N)cn2)n[nH]1. The molecule has 0 atom stereocenters. The maximum atomic E-state index is 11.1. The highest BCUT2D eigenvalue weighted by Crippen LogP contribution is 2.34. The van der Waals surface area contributed by atoms with E-state index in [4.69, 9.17) is 15.1 Å². The van der Waals surface area contributed by atoms with Crippen molar-refractivity contribution in [3.8, 4) is 23.1 Å². The van der Waals surface area contributed by atoms with Crippen LogP contribution in [0.25, 0.3) is 11.3 Å². The summed E-state index contributed by atoms with van der Waals surface area (Å²) in [6, 6.07) is 9.60. The number of benzene rings is 1. The van der Waals surface area contributed by atoms with Crippen LogP contribution in [-0.4, -0.2) is 69.6 Å². The van der Waals surface area contributed by atoms with E-state index in [9.17, 15) is 4.79 Å². The number of H-pyrrole nitrogens is 1. The van der Waals surface area contributed by atoms with Gasteiger partial charge in [0, 0.05) is 49.6 Å². The largest absolute Gasteiger partial charge is 0.496 e. The lowest BCUT2D eigenvalue weighted by Crippen LogP contribution is -2.48. The number of aromatic nitrogens is 4. The Morgan fingerprint density at radius 3 is 2.65 bits per heavy atom. The van der Waals surface area contributed by atoms with Crippen LogP contribution in [0.4, 0.5) is 22.1 Å². The molecule has 11 nitrogen and oxygen atoms in total. The summed E-state index contributed by atoms with van der Waals surface area (Å²) in [4.78, 5) is 22.7. The molecular formula is C20H20N8O3. The Labute approximate surface area is 177 Å². The zero-order chi connectivity index (χ0) is 21.8. The van der Waals surface area contributed by atoms with Crippen LogP contribution >= 0.6 is 0 Å².